The first-order valence-corrected chi connectivity index (χ1v) is 13.5. The van der Waals surface area contributed by atoms with Crippen LogP contribution in [0.1, 0.15) is 18.5 Å². The third-order valence-corrected chi connectivity index (χ3v) is 9.80. The number of aromatic nitrogens is 2. The minimum absolute atomic E-state index is 0.00693. The zero-order valence-corrected chi connectivity index (χ0v) is 20.0. The Morgan fingerprint density at radius 3 is 2.79 bits per heavy atom. The monoisotopic (exact) mass is 520 g/mol. The van der Waals surface area contributed by atoms with Gasteiger partial charge in [-0.15, -0.1) is 11.3 Å². The van der Waals surface area contributed by atoms with Crippen molar-refractivity contribution in [2.24, 2.45) is 0 Å². The van der Waals surface area contributed by atoms with Gasteiger partial charge in [0, 0.05) is 18.8 Å². The molecule has 12 heteroatoms. The number of pyridine rings is 1. The summed E-state index contributed by atoms with van der Waals surface area (Å²) in [4.78, 5) is 23.7. The van der Waals surface area contributed by atoms with E-state index in [-0.39, 0.29) is 32.6 Å². The average molecular weight is 521 g/mol. The molecule has 5 rings (SSSR count). The number of thiophene rings is 1. The number of thiazole rings is 1. The molecule has 1 aromatic carbocycles. The summed E-state index contributed by atoms with van der Waals surface area (Å²) in [5.74, 6) is -2.06. The van der Waals surface area contributed by atoms with E-state index in [9.17, 15) is 22.0 Å². The smallest absolute Gasteiger partial charge is 0.253 e. The maximum absolute atomic E-state index is 14.3. The van der Waals surface area contributed by atoms with E-state index in [0.717, 1.165) is 34.8 Å². The van der Waals surface area contributed by atoms with Crippen LogP contribution in [0.2, 0.25) is 0 Å². The summed E-state index contributed by atoms with van der Waals surface area (Å²) in [6.07, 6.45) is 2.45. The molecule has 0 N–H and O–H groups in total. The van der Waals surface area contributed by atoms with Crippen molar-refractivity contribution in [2.45, 2.75) is 29.6 Å². The summed E-state index contributed by atoms with van der Waals surface area (Å²) < 4.78 is 56.1. The molecule has 7 nitrogen and oxygen atoms in total. The van der Waals surface area contributed by atoms with Gasteiger partial charge in [0.05, 0.1) is 16.9 Å². The van der Waals surface area contributed by atoms with Gasteiger partial charge < -0.3 is 0 Å². The van der Waals surface area contributed by atoms with Gasteiger partial charge in [0.2, 0.25) is 5.91 Å². The number of carbonyl (C=O) groups is 1. The van der Waals surface area contributed by atoms with Gasteiger partial charge in [-0.05, 0) is 42.5 Å². The van der Waals surface area contributed by atoms with E-state index in [0.29, 0.717) is 18.5 Å². The highest BCUT2D eigenvalue weighted by atomic mass is 32.2. The minimum Gasteiger partial charge on any atom is -0.281 e. The number of anilines is 1. The summed E-state index contributed by atoms with van der Waals surface area (Å²) in [5, 5.41) is 1.82. The molecule has 0 spiro atoms. The number of benzene rings is 1. The molecule has 1 saturated heterocycles. The predicted molar refractivity (Wildman–Crippen MR) is 126 cm³/mol. The van der Waals surface area contributed by atoms with Crippen LogP contribution < -0.4 is 4.90 Å². The van der Waals surface area contributed by atoms with E-state index < -0.39 is 33.6 Å². The van der Waals surface area contributed by atoms with Crippen molar-refractivity contribution in [3.63, 3.8) is 0 Å². The molecular weight excluding hydrogens is 502 g/mol. The van der Waals surface area contributed by atoms with Crippen LogP contribution in [-0.4, -0.2) is 41.2 Å². The Hall–Kier alpha value is -2.80. The van der Waals surface area contributed by atoms with Crippen molar-refractivity contribution in [3.8, 4) is 0 Å². The van der Waals surface area contributed by atoms with Crippen molar-refractivity contribution in [2.75, 3.05) is 11.4 Å². The Morgan fingerprint density at radius 1 is 1.21 bits per heavy atom. The first-order valence-electron chi connectivity index (χ1n) is 10.4. The Kier molecular flexibility index (Phi) is 6.15. The van der Waals surface area contributed by atoms with Crippen molar-refractivity contribution < 1.29 is 22.0 Å². The molecule has 4 aromatic rings. The van der Waals surface area contributed by atoms with E-state index in [4.69, 9.17) is 0 Å². The van der Waals surface area contributed by atoms with Crippen LogP contribution in [0, 0.1) is 11.6 Å². The maximum Gasteiger partial charge on any atom is 0.253 e. The van der Waals surface area contributed by atoms with Crippen LogP contribution in [0.25, 0.3) is 10.2 Å². The Balaban J connectivity index is 1.55. The summed E-state index contributed by atoms with van der Waals surface area (Å²) >= 11 is 2.06. The van der Waals surface area contributed by atoms with Crippen molar-refractivity contribution >= 4 is 54.0 Å². The molecule has 0 bridgehead atoms. The van der Waals surface area contributed by atoms with Gasteiger partial charge in [-0.3, -0.25) is 14.7 Å². The molecule has 0 aliphatic carbocycles. The quantitative estimate of drug-likeness (QED) is 0.376. The highest BCUT2D eigenvalue weighted by Crippen LogP contribution is 2.35. The Bertz CT molecular complexity index is 1440. The number of sulfonamides is 1. The number of hydrogen-bond donors (Lipinski definition) is 0. The SMILES string of the molecule is O=C(C1CCCN1S(=O)(=O)c1cccs1)N(Cc1ccccn1)c1nc2c(F)cc(F)cc2s1. The fraction of sp³-hybridized carbons (Fsp3) is 0.227. The zero-order valence-electron chi connectivity index (χ0n) is 17.6. The number of carbonyl (C=O) groups excluding carboxylic acids is 1. The van der Waals surface area contributed by atoms with E-state index in [1.807, 2.05) is 0 Å². The van der Waals surface area contributed by atoms with Crippen molar-refractivity contribution in [1.29, 1.82) is 0 Å². The van der Waals surface area contributed by atoms with Gasteiger partial charge in [-0.25, -0.2) is 22.2 Å². The van der Waals surface area contributed by atoms with Crippen LogP contribution in [0.15, 0.2) is 58.3 Å². The molecule has 4 heterocycles. The van der Waals surface area contributed by atoms with Crippen LogP contribution in [-0.2, 0) is 21.4 Å². The molecule has 1 atom stereocenters. The zero-order chi connectivity index (χ0) is 23.9. The topological polar surface area (TPSA) is 83.5 Å². The summed E-state index contributed by atoms with van der Waals surface area (Å²) in [6.45, 7) is 0.223. The fourth-order valence-corrected chi connectivity index (χ4v) is 7.71. The molecule has 0 saturated carbocycles. The van der Waals surface area contributed by atoms with E-state index in [1.54, 1.807) is 35.8 Å². The molecule has 1 amide bonds. The van der Waals surface area contributed by atoms with Gasteiger partial charge in [0.25, 0.3) is 10.0 Å². The molecule has 0 radical (unpaired) electrons. The largest absolute Gasteiger partial charge is 0.281 e. The number of rotatable bonds is 6. The molecular formula is C22H18F2N4O3S3. The second kappa shape index (κ2) is 9.10. The summed E-state index contributed by atoms with van der Waals surface area (Å²) in [6, 6.07) is 9.34. The van der Waals surface area contributed by atoms with Crippen LogP contribution in [0.4, 0.5) is 13.9 Å². The lowest BCUT2D eigenvalue weighted by molar-refractivity contribution is -0.121. The average Bonchev–Trinajstić information content (AvgIpc) is 3.58. The standard InChI is InChI=1S/C22H18F2N4O3S3/c23-14-11-16(24)20-18(12-14)33-22(26-20)27(13-15-5-1-2-8-25-15)21(29)17-6-3-9-28(17)34(30,31)19-7-4-10-32-19/h1-2,4-5,7-8,10-12,17H,3,6,9,13H2. The van der Waals surface area contributed by atoms with Gasteiger partial charge in [-0.2, -0.15) is 4.31 Å². The Morgan fingerprint density at radius 2 is 2.06 bits per heavy atom. The third-order valence-electron chi connectivity index (χ3n) is 5.49. The number of nitrogens with zero attached hydrogens (tertiary/aromatic N) is 4. The molecule has 1 unspecified atom stereocenters. The lowest BCUT2D eigenvalue weighted by atomic mass is 10.2. The second-order valence-electron chi connectivity index (χ2n) is 7.68. The maximum atomic E-state index is 14.3. The molecule has 1 fully saturated rings. The van der Waals surface area contributed by atoms with Gasteiger partial charge >= 0.3 is 0 Å². The number of fused-ring (bicyclic) bond motifs is 1. The van der Waals surface area contributed by atoms with Gasteiger partial charge in [-0.1, -0.05) is 23.5 Å². The molecule has 3 aromatic heterocycles. The van der Waals surface area contributed by atoms with Crippen LogP contribution >= 0.6 is 22.7 Å². The fourth-order valence-electron chi connectivity index (χ4n) is 3.93. The molecule has 34 heavy (non-hydrogen) atoms. The summed E-state index contributed by atoms with van der Waals surface area (Å²) in [7, 11) is -3.85. The van der Waals surface area contributed by atoms with Crippen molar-refractivity contribution in [3.05, 3.63) is 71.4 Å². The van der Waals surface area contributed by atoms with E-state index in [2.05, 4.69) is 9.97 Å². The van der Waals surface area contributed by atoms with Crippen LogP contribution in [0.3, 0.4) is 0 Å². The van der Waals surface area contributed by atoms with E-state index >= 15 is 0 Å². The molecule has 1 aliphatic heterocycles. The third kappa shape index (κ3) is 4.22. The number of hydrogen-bond acceptors (Lipinski definition) is 7. The van der Waals surface area contributed by atoms with E-state index in [1.165, 1.54) is 15.3 Å². The van der Waals surface area contributed by atoms with Crippen LogP contribution in [0.5, 0.6) is 0 Å². The number of halogens is 2. The van der Waals surface area contributed by atoms with Gasteiger partial charge in [0.15, 0.2) is 10.9 Å². The highest BCUT2D eigenvalue weighted by molar-refractivity contribution is 7.91. The number of amides is 1. The first-order chi connectivity index (χ1) is 16.3. The second-order valence-corrected chi connectivity index (χ2v) is 11.8. The highest BCUT2D eigenvalue weighted by Gasteiger charge is 2.42. The van der Waals surface area contributed by atoms with Crippen molar-refractivity contribution in [1.82, 2.24) is 14.3 Å². The minimum atomic E-state index is -3.85. The lowest BCUT2D eigenvalue weighted by Gasteiger charge is -2.28. The first kappa shape index (κ1) is 23.0. The van der Waals surface area contributed by atoms with Gasteiger partial charge in [0.1, 0.15) is 21.6 Å². The summed E-state index contributed by atoms with van der Waals surface area (Å²) in [5.41, 5.74) is 0.502. The lowest BCUT2D eigenvalue weighted by Crippen LogP contribution is -2.47. The molecule has 176 valence electrons. The Labute approximate surface area is 202 Å². The normalized spacial score (nSPS) is 16.8. The molecule has 1 aliphatic rings. The predicted octanol–water partition coefficient (Wildman–Crippen LogP) is 4.42.